The van der Waals surface area contributed by atoms with E-state index in [1.54, 1.807) is 26.2 Å². The number of ether oxygens (including phenoxy) is 4. The number of nitrogens with zero attached hydrogens (tertiary/aromatic N) is 8. The van der Waals surface area contributed by atoms with Gasteiger partial charge in [-0.2, -0.15) is 18.2 Å². The zero-order valence-corrected chi connectivity index (χ0v) is 23.9. The van der Waals surface area contributed by atoms with Gasteiger partial charge in [0.05, 0.1) is 16.6 Å². The van der Waals surface area contributed by atoms with Gasteiger partial charge in [-0.1, -0.05) is 0 Å². The maximum Gasteiger partial charge on any atom is 0.422 e. The second kappa shape index (κ2) is 10.9. The molecular formula is C26H31F3N8O4. The van der Waals surface area contributed by atoms with Gasteiger partial charge in [0.15, 0.2) is 12.3 Å². The van der Waals surface area contributed by atoms with Crippen LogP contribution in [0.5, 0.6) is 23.7 Å². The number of fused-ring (bicyclic) bond motifs is 1. The van der Waals surface area contributed by atoms with Crippen LogP contribution in [0.2, 0.25) is 0 Å². The summed E-state index contributed by atoms with van der Waals surface area (Å²) in [6, 6.07) is 3.15. The van der Waals surface area contributed by atoms with Crippen molar-refractivity contribution in [2.24, 2.45) is 7.05 Å². The summed E-state index contributed by atoms with van der Waals surface area (Å²) in [5, 5.41) is 13.6. The Morgan fingerprint density at radius 3 is 2.27 bits per heavy atom. The minimum absolute atomic E-state index is 0.150. The van der Waals surface area contributed by atoms with Crippen molar-refractivity contribution in [2.75, 3.05) is 6.61 Å². The van der Waals surface area contributed by atoms with E-state index in [1.165, 1.54) is 10.7 Å². The third-order valence-corrected chi connectivity index (χ3v) is 5.11. The maximum atomic E-state index is 12.5. The standard InChI is InChI=1S/C26H31F3N8O4/c1-14(17-10-19(32-13-31-17)38-12-26(27,28)29)39-22-15-9-18(34-35-20(15)37(8)36-22)16-11-30-23(41-25(5,6)7)33-21(16)40-24(2,3)4/h9-11,13-14H,12H2,1-8H3/t14-/m1/s1. The van der Waals surface area contributed by atoms with E-state index in [0.717, 1.165) is 6.33 Å². The van der Waals surface area contributed by atoms with Gasteiger partial charge >= 0.3 is 12.2 Å². The average Bonchev–Trinajstić information content (AvgIpc) is 3.15. The van der Waals surface area contributed by atoms with Gasteiger partial charge in [-0.3, -0.25) is 0 Å². The summed E-state index contributed by atoms with van der Waals surface area (Å²) in [6.45, 7) is 11.5. The van der Waals surface area contributed by atoms with Crippen molar-refractivity contribution in [1.82, 2.24) is 39.9 Å². The molecule has 0 spiro atoms. The number of aryl methyl sites for hydroxylation is 1. The van der Waals surface area contributed by atoms with Crippen LogP contribution in [-0.2, 0) is 7.05 Å². The molecule has 41 heavy (non-hydrogen) atoms. The van der Waals surface area contributed by atoms with Gasteiger partial charge in [0.1, 0.15) is 29.3 Å². The van der Waals surface area contributed by atoms with Gasteiger partial charge in [-0.25, -0.2) is 19.6 Å². The predicted octanol–water partition coefficient (Wildman–Crippen LogP) is 5.05. The Morgan fingerprint density at radius 2 is 1.61 bits per heavy atom. The van der Waals surface area contributed by atoms with Crippen LogP contribution in [0.25, 0.3) is 22.3 Å². The van der Waals surface area contributed by atoms with E-state index in [-0.39, 0.29) is 23.7 Å². The lowest BCUT2D eigenvalue weighted by molar-refractivity contribution is -0.154. The van der Waals surface area contributed by atoms with Crippen molar-refractivity contribution in [3.63, 3.8) is 0 Å². The highest BCUT2D eigenvalue weighted by molar-refractivity contribution is 5.85. The fraction of sp³-hybridized carbons (Fsp3) is 0.500. The van der Waals surface area contributed by atoms with Gasteiger partial charge < -0.3 is 18.9 Å². The highest BCUT2D eigenvalue weighted by Gasteiger charge is 2.29. The Morgan fingerprint density at radius 1 is 0.902 bits per heavy atom. The molecule has 0 amide bonds. The van der Waals surface area contributed by atoms with Crippen LogP contribution >= 0.6 is 0 Å². The molecule has 0 aliphatic rings. The summed E-state index contributed by atoms with van der Waals surface area (Å²) in [4.78, 5) is 16.7. The van der Waals surface area contributed by atoms with Gasteiger partial charge in [0, 0.05) is 19.3 Å². The zero-order chi connectivity index (χ0) is 30.2. The Balaban J connectivity index is 1.67. The number of aromatic nitrogens is 8. The second-order valence-electron chi connectivity index (χ2n) is 11.1. The SMILES string of the molecule is C[C@@H](Oc1nn(C)c2nnc(-c3cnc(OC(C)(C)C)nc3OC(C)(C)C)cc12)c1cc(OCC(F)(F)F)ncn1. The monoisotopic (exact) mass is 576 g/mol. The van der Waals surface area contributed by atoms with E-state index in [9.17, 15) is 13.2 Å². The number of hydrogen-bond acceptors (Lipinski definition) is 11. The third-order valence-electron chi connectivity index (χ3n) is 5.11. The van der Waals surface area contributed by atoms with Crippen LogP contribution in [0, 0.1) is 0 Å². The van der Waals surface area contributed by atoms with Gasteiger partial charge in [0.25, 0.3) is 0 Å². The summed E-state index contributed by atoms with van der Waals surface area (Å²) in [6.07, 6.45) is -2.57. The van der Waals surface area contributed by atoms with Crippen molar-refractivity contribution in [3.05, 3.63) is 30.4 Å². The zero-order valence-electron chi connectivity index (χ0n) is 23.9. The molecule has 0 saturated carbocycles. The van der Waals surface area contributed by atoms with Gasteiger partial charge in [-0.15, -0.1) is 15.3 Å². The molecule has 4 aromatic heterocycles. The van der Waals surface area contributed by atoms with Crippen LogP contribution in [0.4, 0.5) is 13.2 Å². The van der Waals surface area contributed by atoms with Crippen molar-refractivity contribution < 1.29 is 32.1 Å². The first-order valence-corrected chi connectivity index (χ1v) is 12.6. The fourth-order valence-corrected chi connectivity index (χ4v) is 3.49. The van der Waals surface area contributed by atoms with E-state index >= 15 is 0 Å². The molecule has 0 saturated heterocycles. The predicted molar refractivity (Wildman–Crippen MR) is 141 cm³/mol. The highest BCUT2D eigenvalue weighted by Crippen LogP contribution is 2.34. The smallest absolute Gasteiger partial charge is 0.422 e. The Hall–Kier alpha value is -4.30. The molecule has 12 nitrogen and oxygen atoms in total. The van der Waals surface area contributed by atoms with Crippen molar-refractivity contribution in [1.29, 1.82) is 0 Å². The summed E-state index contributed by atoms with van der Waals surface area (Å²) in [7, 11) is 1.68. The van der Waals surface area contributed by atoms with Gasteiger partial charge in [-0.05, 0) is 54.5 Å². The first kappa shape index (κ1) is 29.7. The molecule has 4 rings (SSSR count). The van der Waals surface area contributed by atoms with Crippen LogP contribution in [0.1, 0.15) is 60.3 Å². The molecule has 0 bridgehead atoms. The number of halogens is 3. The van der Waals surface area contributed by atoms with Crippen LogP contribution in [0.15, 0.2) is 24.7 Å². The quantitative estimate of drug-likeness (QED) is 0.279. The molecule has 0 fully saturated rings. The number of alkyl halides is 3. The molecule has 0 aromatic carbocycles. The fourth-order valence-electron chi connectivity index (χ4n) is 3.49. The lowest BCUT2D eigenvalue weighted by Crippen LogP contribution is -2.26. The number of hydrogen-bond donors (Lipinski definition) is 0. The second-order valence-corrected chi connectivity index (χ2v) is 11.1. The first-order valence-electron chi connectivity index (χ1n) is 12.6. The van der Waals surface area contributed by atoms with E-state index in [1.807, 2.05) is 41.5 Å². The Labute approximate surface area is 234 Å². The van der Waals surface area contributed by atoms with Crippen molar-refractivity contribution in [2.45, 2.75) is 71.9 Å². The molecule has 0 N–H and O–H groups in total. The normalized spacial score (nSPS) is 13.2. The summed E-state index contributed by atoms with van der Waals surface area (Å²) >= 11 is 0. The van der Waals surface area contributed by atoms with Crippen LogP contribution in [0.3, 0.4) is 0 Å². The summed E-state index contributed by atoms with van der Waals surface area (Å²) < 4.78 is 61.9. The summed E-state index contributed by atoms with van der Waals surface area (Å²) in [5.74, 6) is 0.231. The highest BCUT2D eigenvalue weighted by atomic mass is 19.4. The Bertz CT molecular complexity index is 1530. The molecule has 0 radical (unpaired) electrons. The van der Waals surface area contributed by atoms with Crippen LogP contribution in [-0.4, -0.2) is 63.9 Å². The molecule has 0 unspecified atom stereocenters. The van der Waals surface area contributed by atoms with Crippen molar-refractivity contribution in [3.8, 4) is 34.9 Å². The van der Waals surface area contributed by atoms with Crippen molar-refractivity contribution >= 4 is 11.0 Å². The third kappa shape index (κ3) is 7.89. The first-order chi connectivity index (χ1) is 19.0. The lowest BCUT2D eigenvalue weighted by atomic mass is 10.1. The number of rotatable bonds is 8. The van der Waals surface area contributed by atoms with E-state index in [2.05, 4.69) is 35.2 Å². The molecule has 15 heteroatoms. The minimum atomic E-state index is -4.50. The van der Waals surface area contributed by atoms with Crippen LogP contribution < -0.4 is 18.9 Å². The molecule has 4 aromatic rings. The van der Waals surface area contributed by atoms with Gasteiger partial charge in [0.2, 0.25) is 17.6 Å². The Kier molecular flexibility index (Phi) is 7.91. The molecular weight excluding hydrogens is 545 g/mol. The van der Waals surface area contributed by atoms with E-state index < -0.39 is 30.1 Å². The lowest BCUT2D eigenvalue weighted by Gasteiger charge is -2.24. The molecule has 0 aliphatic heterocycles. The minimum Gasteiger partial charge on any atom is -0.471 e. The topological polar surface area (TPSA) is 132 Å². The molecule has 1 atom stereocenters. The summed E-state index contributed by atoms with van der Waals surface area (Å²) in [5.41, 5.74) is 0.488. The average molecular weight is 577 g/mol. The van der Waals surface area contributed by atoms with E-state index in [4.69, 9.17) is 18.9 Å². The maximum absolute atomic E-state index is 12.5. The molecule has 4 heterocycles. The molecule has 0 aliphatic carbocycles. The largest absolute Gasteiger partial charge is 0.471 e. The van der Waals surface area contributed by atoms with E-state index in [0.29, 0.717) is 28.0 Å². The molecule has 220 valence electrons.